The highest BCUT2D eigenvalue weighted by molar-refractivity contribution is 6.32. The fourth-order valence-electron chi connectivity index (χ4n) is 5.68. The first-order valence-corrected chi connectivity index (χ1v) is 15.5. The maximum absolute atomic E-state index is 14.0. The van der Waals surface area contributed by atoms with Gasteiger partial charge in [-0.25, -0.2) is 23.4 Å². The van der Waals surface area contributed by atoms with Crippen LogP contribution in [0.3, 0.4) is 0 Å². The van der Waals surface area contributed by atoms with Crippen molar-refractivity contribution in [2.75, 3.05) is 31.6 Å². The van der Waals surface area contributed by atoms with E-state index in [2.05, 4.69) is 40.8 Å². The van der Waals surface area contributed by atoms with Gasteiger partial charge in [-0.2, -0.15) is 4.39 Å². The summed E-state index contributed by atoms with van der Waals surface area (Å²) in [6.45, 7) is 5.59. The molecule has 246 valence electrons. The number of ether oxygens (including phenoxy) is 3. The molecule has 0 radical (unpaired) electrons. The third-order valence-electron chi connectivity index (χ3n) is 8.03. The van der Waals surface area contributed by atoms with Crippen LogP contribution in [0.1, 0.15) is 38.6 Å². The number of hydrogen-bond donors (Lipinski definition) is 1. The Morgan fingerprint density at radius 1 is 1.02 bits per heavy atom. The number of anilines is 2. The van der Waals surface area contributed by atoms with Crippen LogP contribution in [-0.2, 0) is 11.3 Å². The van der Waals surface area contributed by atoms with Crippen molar-refractivity contribution < 1.29 is 27.4 Å². The highest BCUT2D eigenvalue weighted by atomic mass is 35.5. The van der Waals surface area contributed by atoms with Gasteiger partial charge in [-0.15, -0.1) is 10.2 Å². The first kappa shape index (κ1) is 31.9. The lowest BCUT2D eigenvalue weighted by Gasteiger charge is -2.39. The molecule has 2 fully saturated rings. The summed E-state index contributed by atoms with van der Waals surface area (Å²) in [4.78, 5) is 11.2. The largest absolute Gasteiger partial charge is 0.487 e. The Kier molecular flexibility index (Phi) is 10.1. The van der Waals surface area contributed by atoms with Gasteiger partial charge in [0.2, 0.25) is 5.95 Å². The average molecular weight is 663 g/mol. The zero-order valence-electron chi connectivity index (χ0n) is 25.1. The van der Waals surface area contributed by atoms with E-state index in [4.69, 9.17) is 25.8 Å². The molecule has 0 amide bonds. The SMILES string of the molecule is CC(Cn1cnnn1)Oc1cc(-c2cnc(Nc3cn(C4CCN(C5CCOCC5)CC4)nc3OC(F)C(F)F)nc2)ccc1Cl. The summed E-state index contributed by atoms with van der Waals surface area (Å²) in [5.41, 5.74) is 1.61. The van der Waals surface area contributed by atoms with Crippen molar-refractivity contribution in [1.82, 2.24) is 44.9 Å². The Balaban J connectivity index is 1.14. The van der Waals surface area contributed by atoms with Crippen LogP contribution in [0.25, 0.3) is 11.1 Å². The van der Waals surface area contributed by atoms with E-state index in [1.54, 1.807) is 40.1 Å². The maximum atomic E-state index is 14.0. The van der Waals surface area contributed by atoms with Gasteiger partial charge in [0.05, 0.1) is 23.8 Å². The predicted molar refractivity (Wildman–Crippen MR) is 161 cm³/mol. The van der Waals surface area contributed by atoms with Crippen LogP contribution >= 0.6 is 11.6 Å². The highest BCUT2D eigenvalue weighted by Gasteiger charge is 2.30. The number of alkyl halides is 3. The quantitative estimate of drug-likeness (QED) is 0.221. The highest BCUT2D eigenvalue weighted by Crippen LogP contribution is 2.34. The summed E-state index contributed by atoms with van der Waals surface area (Å²) in [6, 6.07) is 5.80. The summed E-state index contributed by atoms with van der Waals surface area (Å²) in [5.74, 6) is 0.326. The Labute approximate surface area is 268 Å². The smallest absolute Gasteiger partial charge is 0.304 e. The Hall–Kier alpha value is -4.02. The first-order chi connectivity index (χ1) is 22.3. The molecule has 13 nitrogen and oxygen atoms in total. The average Bonchev–Trinajstić information content (AvgIpc) is 3.73. The minimum Gasteiger partial charge on any atom is -0.487 e. The Morgan fingerprint density at radius 3 is 2.48 bits per heavy atom. The van der Waals surface area contributed by atoms with Crippen LogP contribution in [-0.4, -0.2) is 96.1 Å². The topological polar surface area (TPSA) is 130 Å². The van der Waals surface area contributed by atoms with E-state index in [9.17, 15) is 13.2 Å². The number of hydrogen-bond acceptors (Lipinski definition) is 11. The van der Waals surface area contributed by atoms with E-state index < -0.39 is 12.8 Å². The summed E-state index contributed by atoms with van der Waals surface area (Å²) in [6.07, 6.45) is 3.49. The molecule has 17 heteroatoms. The van der Waals surface area contributed by atoms with Gasteiger partial charge >= 0.3 is 6.43 Å². The first-order valence-electron chi connectivity index (χ1n) is 15.1. The molecule has 0 aliphatic carbocycles. The number of rotatable bonds is 12. The molecule has 1 aromatic carbocycles. The molecular formula is C29H34ClF3N10O3. The second-order valence-electron chi connectivity index (χ2n) is 11.3. The van der Waals surface area contributed by atoms with Gasteiger partial charge in [0.15, 0.2) is 0 Å². The van der Waals surface area contributed by atoms with E-state index in [-0.39, 0.29) is 29.7 Å². The number of nitrogens with zero attached hydrogens (tertiary/aromatic N) is 9. The standard InChI is InChI=1S/C29H34ClF3N10O3/c1-18(15-42-17-36-39-40-42)45-25-12-19(2-3-23(25)30)20-13-34-29(35-14-20)37-24-16-43(38-28(24)46-27(33)26(31)32)22-4-8-41(9-5-22)21-6-10-44-11-7-21/h2-3,12-14,16-18,21-22,26-27H,4-11,15H2,1H3,(H,34,35,37). The second-order valence-corrected chi connectivity index (χ2v) is 11.7. The molecule has 0 saturated carbocycles. The summed E-state index contributed by atoms with van der Waals surface area (Å²) < 4.78 is 59.7. The van der Waals surface area contributed by atoms with E-state index in [0.717, 1.165) is 57.6 Å². The van der Waals surface area contributed by atoms with E-state index in [0.29, 0.717) is 28.9 Å². The molecule has 0 bridgehead atoms. The van der Waals surface area contributed by atoms with Gasteiger partial charge in [0.1, 0.15) is 23.9 Å². The fourth-order valence-corrected chi connectivity index (χ4v) is 5.84. The summed E-state index contributed by atoms with van der Waals surface area (Å²) in [5, 5.41) is 18.8. The zero-order valence-corrected chi connectivity index (χ0v) is 25.8. The molecule has 5 heterocycles. The number of piperidine rings is 1. The van der Waals surface area contributed by atoms with Gasteiger partial charge in [-0.05, 0) is 60.7 Å². The molecule has 2 unspecified atom stereocenters. The molecule has 1 N–H and O–H groups in total. The van der Waals surface area contributed by atoms with Crippen LogP contribution < -0.4 is 14.8 Å². The zero-order chi connectivity index (χ0) is 32.0. The Bertz CT molecular complexity index is 1550. The number of likely N-dealkylation sites (tertiary alicyclic amines) is 1. The van der Waals surface area contributed by atoms with Gasteiger partial charge in [-0.3, -0.25) is 4.68 Å². The van der Waals surface area contributed by atoms with Crippen LogP contribution in [0.5, 0.6) is 11.6 Å². The van der Waals surface area contributed by atoms with Crippen LogP contribution in [0.2, 0.25) is 5.02 Å². The fraction of sp³-hybridized carbons (Fsp3) is 0.517. The van der Waals surface area contributed by atoms with E-state index in [1.807, 2.05) is 13.0 Å². The third kappa shape index (κ3) is 7.85. The van der Waals surface area contributed by atoms with Crippen LogP contribution in [0.4, 0.5) is 24.8 Å². The van der Waals surface area contributed by atoms with Gasteiger partial charge < -0.3 is 24.4 Å². The van der Waals surface area contributed by atoms with Crippen molar-refractivity contribution in [3.63, 3.8) is 0 Å². The van der Waals surface area contributed by atoms with Crippen molar-refractivity contribution in [2.45, 2.75) is 70.1 Å². The number of benzene rings is 1. The van der Waals surface area contributed by atoms with Crippen molar-refractivity contribution >= 4 is 23.2 Å². The maximum Gasteiger partial charge on any atom is 0.304 e. The number of nitrogens with one attached hydrogen (secondary N) is 1. The van der Waals surface area contributed by atoms with Crippen molar-refractivity contribution in [3.05, 3.63) is 48.1 Å². The monoisotopic (exact) mass is 662 g/mol. The lowest BCUT2D eigenvalue weighted by Crippen LogP contribution is -2.44. The molecule has 2 saturated heterocycles. The molecule has 6 rings (SSSR count). The second kappa shape index (κ2) is 14.6. The van der Waals surface area contributed by atoms with E-state index in [1.165, 1.54) is 6.33 Å². The molecular weight excluding hydrogens is 629 g/mol. The molecule has 0 spiro atoms. The van der Waals surface area contributed by atoms with Crippen molar-refractivity contribution in [3.8, 4) is 22.8 Å². The third-order valence-corrected chi connectivity index (χ3v) is 8.34. The number of aromatic nitrogens is 8. The summed E-state index contributed by atoms with van der Waals surface area (Å²) in [7, 11) is 0. The van der Waals surface area contributed by atoms with Gasteiger partial charge in [-0.1, -0.05) is 17.7 Å². The minimum absolute atomic E-state index is 0.00110. The summed E-state index contributed by atoms with van der Waals surface area (Å²) >= 11 is 6.38. The van der Waals surface area contributed by atoms with Crippen LogP contribution in [0.15, 0.2) is 43.1 Å². The van der Waals surface area contributed by atoms with E-state index >= 15 is 0 Å². The van der Waals surface area contributed by atoms with Gasteiger partial charge in [0.25, 0.3) is 12.2 Å². The number of halogens is 4. The molecule has 4 aromatic rings. The van der Waals surface area contributed by atoms with Crippen LogP contribution in [0, 0.1) is 0 Å². The lowest BCUT2D eigenvalue weighted by atomic mass is 10.00. The lowest BCUT2D eigenvalue weighted by molar-refractivity contribution is -0.0690. The molecule has 2 atom stereocenters. The minimum atomic E-state index is -3.33. The predicted octanol–water partition coefficient (Wildman–Crippen LogP) is 4.95. The molecule has 46 heavy (non-hydrogen) atoms. The molecule has 2 aliphatic rings. The van der Waals surface area contributed by atoms with Gasteiger partial charge in [0, 0.05) is 50.3 Å². The Morgan fingerprint density at radius 2 is 1.78 bits per heavy atom. The van der Waals surface area contributed by atoms with Crippen molar-refractivity contribution in [1.29, 1.82) is 0 Å². The molecule has 2 aliphatic heterocycles. The number of tetrazole rings is 1. The molecule has 3 aromatic heterocycles. The van der Waals surface area contributed by atoms with Crippen molar-refractivity contribution in [2.24, 2.45) is 0 Å². The normalized spacial score (nSPS) is 18.0.